The predicted octanol–water partition coefficient (Wildman–Crippen LogP) is 1.68. The van der Waals surface area contributed by atoms with E-state index in [9.17, 15) is 4.39 Å². The van der Waals surface area contributed by atoms with Gasteiger partial charge in [0, 0.05) is 13.1 Å². The quantitative estimate of drug-likeness (QED) is 0.629. The molecule has 20 heavy (non-hydrogen) atoms. The molecule has 1 heterocycles. The maximum absolute atomic E-state index is 13.3. The van der Waals surface area contributed by atoms with Gasteiger partial charge in [-0.3, -0.25) is 16.2 Å². The van der Waals surface area contributed by atoms with Gasteiger partial charge < -0.3 is 4.74 Å². The van der Waals surface area contributed by atoms with Gasteiger partial charge in [-0.2, -0.15) is 0 Å². The molecular formula is C14H21BrFN3O. The van der Waals surface area contributed by atoms with Gasteiger partial charge in [-0.15, -0.1) is 0 Å². The summed E-state index contributed by atoms with van der Waals surface area (Å²) in [6, 6.07) is 5.06. The fourth-order valence-corrected chi connectivity index (χ4v) is 2.91. The standard InChI is InChI=1S/C14H21BrFN3O/c1-2-19-5-6-20-14(9-19)13(18-17)8-10-3-4-12(16)11(15)7-10/h3-4,7,13-14,18H,2,5-6,8-9,17H2,1H3. The Kier molecular flexibility index (Phi) is 5.92. The van der Waals surface area contributed by atoms with Crippen molar-refractivity contribution >= 4 is 15.9 Å². The smallest absolute Gasteiger partial charge is 0.137 e. The predicted molar refractivity (Wildman–Crippen MR) is 80.8 cm³/mol. The molecule has 1 aliphatic heterocycles. The lowest BCUT2D eigenvalue weighted by atomic mass is 10.0. The van der Waals surface area contributed by atoms with Gasteiger partial charge >= 0.3 is 0 Å². The second kappa shape index (κ2) is 7.47. The average Bonchev–Trinajstić information content (AvgIpc) is 2.48. The van der Waals surface area contributed by atoms with Crippen molar-refractivity contribution in [2.75, 3.05) is 26.2 Å². The summed E-state index contributed by atoms with van der Waals surface area (Å²) in [4.78, 5) is 2.35. The molecule has 0 spiro atoms. The van der Waals surface area contributed by atoms with Crippen LogP contribution in [0.1, 0.15) is 12.5 Å². The van der Waals surface area contributed by atoms with Gasteiger partial charge in [0.25, 0.3) is 0 Å². The summed E-state index contributed by atoms with van der Waals surface area (Å²) in [5.74, 6) is 5.42. The number of morpholine rings is 1. The molecule has 1 saturated heterocycles. The SMILES string of the molecule is CCN1CCOC(C(Cc2ccc(F)c(Br)c2)NN)C1. The van der Waals surface area contributed by atoms with Crippen LogP contribution >= 0.6 is 15.9 Å². The number of hydrogen-bond donors (Lipinski definition) is 2. The molecule has 1 aliphatic rings. The number of benzene rings is 1. The van der Waals surface area contributed by atoms with Crippen molar-refractivity contribution in [3.05, 3.63) is 34.1 Å². The van der Waals surface area contributed by atoms with Crippen molar-refractivity contribution in [2.45, 2.75) is 25.5 Å². The van der Waals surface area contributed by atoms with Crippen LogP contribution in [0.2, 0.25) is 0 Å². The third kappa shape index (κ3) is 3.99. The number of ether oxygens (including phenoxy) is 1. The van der Waals surface area contributed by atoms with Gasteiger partial charge in [-0.1, -0.05) is 13.0 Å². The minimum absolute atomic E-state index is 0.0155. The van der Waals surface area contributed by atoms with Crippen LogP contribution in [0, 0.1) is 5.82 Å². The van der Waals surface area contributed by atoms with Crippen molar-refractivity contribution in [3.63, 3.8) is 0 Å². The molecule has 0 aliphatic carbocycles. The summed E-state index contributed by atoms with van der Waals surface area (Å²) in [5.41, 5.74) is 3.86. The summed E-state index contributed by atoms with van der Waals surface area (Å²) < 4.78 is 19.5. The van der Waals surface area contributed by atoms with Gasteiger partial charge in [0.1, 0.15) is 5.82 Å². The highest BCUT2D eigenvalue weighted by Gasteiger charge is 2.27. The number of hydrazine groups is 1. The Morgan fingerprint density at radius 2 is 2.40 bits per heavy atom. The summed E-state index contributed by atoms with van der Waals surface area (Å²) >= 11 is 3.21. The minimum Gasteiger partial charge on any atom is -0.374 e. The maximum atomic E-state index is 13.3. The third-order valence-electron chi connectivity index (χ3n) is 3.73. The molecule has 0 saturated carbocycles. The summed E-state index contributed by atoms with van der Waals surface area (Å²) in [5, 5.41) is 0. The number of nitrogens with zero attached hydrogens (tertiary/aromatic N) is 1. The zero-order valence-corrected chi connectivity index (χ0v) is 13.2. The molecule has 4 nitrogen and oxygen atoms in total. The molecule has 3 N–H and O–H groups in total. The van der Waals surface area contributed by atoms with Crippen molar-refractivity contribution < 1.29 is 9.13 Å². The van der Waals surface area contributed by atoms with E-state index < -0.39 is 0 Å². The van der Waals surface area contributed by atoms with Crippen molar-refractivity contribution in [3.8, 4) is 0 Å². The highest BCUT2D eigenvalue weighted by molar-refractivity contribution is 9.10. The van der Waals surface area contributed by atoms with Crippen LogP contribution in [-0.4, -0.2) is 43.3 Å². The fourth-order valence-electron chi connectivity index (χ4n) is 2.48. The molecule has 1 fully saturated rings. The molecule has 0 radical (unpaired) electrons. The molecule has 2 rings (SSSR count). The number of nitrogens with one attached hydrogen (secondary N) is 1. The molecule has 0 amide bonds. The zero-order valence-electron chi connectivity index (χ0n) is 11.6. The average molecular weight is 346 g/mol. The lowest BCUT2D eigenvalue weighted by Crippen LogP contribution is -2.54. The zero-order chi connectivity index (χ0) is 14.5. The molecule has 6 heteroatoms. The fraction of sp³-hybridized carbons (Fsp3) is 0.571. The lowest BCUT2D eigenvalue weighted by Gasteiger charge is -2.36. The first-order valence-electron chi connectivity index (χ1n) is 6.88. The van der Waals surface area contributed by atoms with Crippen LogP contribution in [0.25, 0.3) is 0 Å². The second-order valence-corrected chi connectivity index (χ2v) is 5.88. The van der Waals surface area contributed by atoms with Gasteiger partial charge in [-0.05, 0) is 46.6 Å². The normalized spacial score (nSPS) is 21.9. The van der Waals surface area contributed by atoms with E-state index in [4.69, 9.17) is 10.6 Å². The van der Waals surface area contributed by atoms with E-state index in [1.807, 2.05) is 0 Å². The van der Waals surface area contributed by atoms with Gasteiger partial charge in [0.2, 0.25) is 0 Å². The van der Waals surface area contributed by atoms with Gasteiger partial charge in [0.05, 0.1) is 23.2 Å². The number of hydrogen-bond acceptors (Lipinski definition) is 4. The van der Waals surface area contributed by atoms with Crippen molar-refractivity contribution in [1.29, 1.82) is 0 Å². The monoisotopic (exact) mass is 345 g/mol. The molecule has 2 atom stereocenters. The Morgan fingerprint density at radius 1 is 1.60 bits per heavy atom. The number of halogens is 2. The Balaban J connectivity index is 2.02. The van der Waals surface area contributed by atoms with Crippen LogP contribution in [0.3, 0.4) is 0 Å². The molecule has 112 valence electrons. The van der Waals surface area contributed by atoms with Crippen molar-refractivity contribution in [2.24, 2.45) is 5.84 Å². The summed E-state index contributed by atoms with van der Waals surface area (Å²) in [6.07, 6.45) is 0.759. The van der Waals surface area contributed by atoms with Crippen LogP contribution in [-0.2, 0) is 11.2 Å². The lowest BCUT2D eigenvalue weighted by molar-refractivity contribution is -0.0447. The maximum Gasteiger partial charge on any atom is 0.137 e. The number of likely N-dealkylation sites (N-methyl/N-ethyl adjacent to an activating group) is 1. The topological polar surface area (TPSA) is 50.5 Å². The second-order valence-electron chi connectivity index (χ2n) is 5.03. The molecule has 1 aromatic rings. The van der Waals surface area contributed by atoms with Crippen LogP contribution < -0.4 is 11.3 Å². The van der Waals surface area contributed by atoms with Crippen LogP contribution in [0.5, 0.6) is 0 Å². The summed E-state index contributed by atoms with van der Waals surface area (Å²) in [7, 11) is 0. The molecule has 0 bridgehead atoms. The minimum atomic E-state index is -0.253. The number of nitrogens with two attached hydrogens (primary N) is 1. The first-order chi connectivity index (χ1) is 9.63. The first kappa shape index (κ1) is 15.9. The Bertz CT molecular complexity index is 446. The third-order valence-corrected chi connectivity index (χ3v) is 4.33. The molecule has 2 unspecified atom stereocenters. The Labute approximate surface area is 127 Å². The largest absolute Gasteiger partial charge is 0.374 e. The Hall–Kier alpha value is -0.530. The van der Waals surface area contributed by atoms with E-state index in [-0.39, 0.29) is 18.0 Å². The van der Waals surface area contributed by atoms with Crippen LogP contribution in [0.4, 0.5) is 4.39 Å². The molecule has 0 aromatic heterocycles. The van der Waals surface area contributed by atoms with E-state index in [2.05, 4.69) is 33.2 Å². The van der Waals surface area contributed by atoms with E-state index in [0.717, 1.165) is 31.8 Å². The number of rotatable bonds is 5. The first-order valence-corrected chi connectivity index (χ1v) is 7.67. The highest BCUT2D eigenvalue weighted by Crippen LogP contribution is 2.19. The van der Waals surface area contributed by atoms with Gasteiger partial charge in [0.15, 0.2) is 0 Å². The van der Waals surface area contributed by atoms with E-state index in [0.29, 0.717) is 10.9 Å². The van der Waals surface area contributed by atoms with E-state index in [1.165, 1.54) is 6.07 Å². The van der Waals surface area contributed by atoms with Crippen molar-refractivity contribution in [1.82, 2.24) is 10.3 Å². The van der Waals surface area contributed by atoms with Gasteiger partial charge in [-0.25, -0.2) is 4.39 Å². The van der Waals surface area contributed by atoms with E-state index >= 15 is 0 Å². The van der Waals surface area contributed by atoms with E-state index in [1.54, 1.807) is 12.1 Å². The summed E-state index contributed by atoms with van der Waals surface area (Å²) in [6.45, 7) is 5.72. The highest BCUT2D eigenvalue weighted by atomic mass is 79.9. The Morgan fingerprint density at radius 3 is 3.05 bits per heavy atom. The molecule has 1 aromatic carbocycles. The van der Waals surface area contributed by atoms with Crippen LogP contribution in [0.15, 0.2) is 22.7 Å². The molecular weight excluding hydrogens is 325 g/mol.